The minimum absolute atomic E-state index is 0.118. The number of thiophene rings is 1. The van der Waals surface area contributed by atoms with Crippen LogP contribution in [0.5, 0.6) is 0 Å². The lowest BCUT2D eigenvalue weighted by Crippen LogP contribution is -2.21. The Labute approximate surface area is 85.3 Å². The molecular weight excluding hydrogens is 202 g/mol. The number of azide groups is 1. The zero-order valence-electron chi connectivity index (χ0n) is 7.66. The average molecular weight is 213 g/mol. The van der Waals surface area contributed by atoms with Crippen molar-refractivity contribution in [3.8, 4) is 0 Å². The standard InChI is InChI=1S/C8H11N3O2S/c1-5-3-14-4-6(5)8(13)7(12)2-10-11-9/h3-4,7-8,12-13H,2H2,1H3. The molecule has 2 unspecified atom stereocenters. The third kappa shape index (κ3) is 2.46. The van der Waals surface area contributed by atoms with Gasteiger partial charge in [0.15, 0.2) is 0 Å². The Morgan fingerprint density at radius 1 is 1.57 bits per heavy atom. The third-order valence-electron chi connectivity index (χ3n) is 1.91. The van der Waals surface area contributed by atoms with Crippen molar-refractivity contribution >= 4 is 11.3 Å². The molecule has 0 aliphatic rings. The summed E-state index contributed by atoms with van der Waals surface area (Å²) in [4.78, 5) is 2.52. The number of aliphatic hydroxyl groups excluding tert-OH is 2. The Bertz CT molecular complexity index is 346. The summed E-state index contributed by atoms with van der Waals surface area (Å²) in [5, 5.41) is 26.0. The van der Waals surface area contributed by atoms with E-state index in [0.717, 1.165) is 5.56 Å². The second-order valence-electron chi connectivity index (χ2n) is 2.94. The van der Waals surface area contributed by atoms with Crippen molar-refractivity contribution < 1.29 is 10.2 Å². The Morgan fingerprint density at radius 2 is 2.29 bits per heavy atom. The summed E-state index contributed by atoms with van der Waals surface area (Å²) in [6.07, 6.45) is -2.02. The predicted octanol–water partition coefficient (Wildman–Crippen LogP) is 1.76. The minimum Gasteiger partial charge on any atom is -0.390 e. The summed E-state index contributed by atoms with van der Waals surface area (Å²) in [6, 6.07) is 0. The van der Waals surface area contributed by atoms with E-state index in [-0.39, 0.29) is 6.54 Å². The second-order valence-corrected chi connectivity index (χ2v) is 3.68. The Hall–Kier alpha value is -1.07. The molecule has 0 amide bonds. The molecule has 0 aliphatic carbocycles. The number of hydrogen-bond donors (Lipinski definition) is 2. The number of aryl methyl sites for hydroxylation is 1. The van der Waals surface area contributed by atoms with Gasteiger partial charge in [0.05, 0.1) is 12.6 Å². The fraction of sp³-hybridized carbons (Fsp3) is 0.500. The zero-order valence-corrected chi connectivity index (χ0v) is 8.48. The summed E-state index contributed by atoms with van der Waals surface area (Å²) in [5.74, 6) is 0. The van der Waals surface area contributed by atoms with E-state index in [1.807, 2.05) is 12.3 Å². The molecule has 1 aromatic heterocycles. The molecule has 0 radical (unpaired) electrons. The molecule has 0 spiro atoms. The van der Waals surface area contributed by atoms with Crippen LogP contribution in [0.3, 0.4) is 0 Å². The van der Waals surface area contributed by atoms with E-state index >= 15 is 0 Å². The molecule has 0 aromatic carbocycles. The Balaban J connectivity index is 2.69. The van der Waals surface area contributed by atoms with Gasteiger partial charge < -0.3 is 10.2 Å². The monoisotopic (exact) mass is 213 g/mol. The van der Waals surface area contributed by atoms with Gasteiger partial charge in [-0.25, -0.2) is 0 Å². The molecule has 1 rings (SSSR count). The first-order valence-corrected chi connectivity index (χ1v) is 5.00. The molecule has 1 aromatic rings. The van der Waals surface area contributed by atoms with Crippen molar-refractivity contribution in [2.75, 3.05) is 6.54 Å². The van der Waals surface area contributed by atoms with Gasteiger partial charge in [0, 0.05) is 4.91 Å². The largest absolute Gasteiger partial charge is 0.390 e. The average Bonchev–Trinajstić information content (AvgIpc) is 2.59. The highest BCUT2D eigenvalue weighted by atomic mass is 32.1. The van der Waals surface area contributed by atoms with E-state index in [1.54, 1.807) is 5.38 Å². The van der Waals surface area contributed by atoms with Crippen molar-refractivity contribution in [3.05, 3.63) is 32.3 Å². The van der Waals surface area contributed by atoms with Gasteiger partial charge in [-0.1, -0.05) is 5.11 Å². The molecule has 0 saturated carbocycles. The van der Waals surface area contributed by atoms with E-state index < -0.39 is 12.2 Å². The number of aliphatic hydroxyl groups is 2. The van der Waals surface area contributed by atoms with Crippen LogP contribution in [0.1, 0.15) is 17.2 Å². The summed E-state index contributed by atoms with van der Waals surface area (Å²) >= 11 is 1.46. The maximum Gasteiger partial charge on any atom is 0.106 e. The molecule has 0 aliphatic heterocycles. The van der Waals surface area contributed by atoms with Gasteiger partial charge in [-0.05, 0) is 34.3 Å². The van der Waals surface area contributed by atoms with Crippen LogP contribution in [0.2, 0.25) is 0 Å². The summed E-state index contributed by atoms with van der Waals surface area (Å²) in [6.45, 7) is 1.74. The third-order valence-corrected chi connectivity index (χ3v) is 2.79. The Morgan fingerprint density at radius 3 is 2.79 bits per heavy atom. The van der Waals surface area contributed by atoms with E-state index in [4.69, 9.17) is 5.53 Å². The van der Waals surface area contributed by atoms with Crippen LogP contribution >= 0.6 is 11.3 Å². The minimum atomic E-state index is -1.04. The summed E-state index contributed by atoms with van der Waals surface area (Å²) in [5.41, 5.74) is 9.67. The SMILES string of the molecule is Cc1cscc1C(O)C(O)CN=[N+]=[N-]. The Kier molecular flexibility index (Phi) is 3.91. The van der Waals surface area contributed by atoms with Gasteiger partial charge in [0.1, 0.15) is 6.10 Å². The van der Waals surface area contributed by atoms with Crippen LogP contribution in [-0.4, -0.2) is 22.9 Å². The topological polar surface area (TPSA) is 89.2 Å². The van der Waals surface area contributed by atoms with Gasteiger partial charge in [-0.2, -0.15) is 11.3 Å². The van der Waals surface area contributed by atoms with Crippen LogP contribution < -0.4 is 0 Å². The smallest absolute Gasteiger partial charge is 0.106 e. The number of hydrogen-bond acceptors (Lipinski definition) is 4. The lowest BCUT2D eigenvalue weighted by molar-refractivity contribution is 0.0243. The fourth-order valence-corrected chi connectivity index (χ4v) is 1.98. The van der Waals surface area contributed by atoms with Gasteiger partial charge in [0.25, 0.3) is 0 Å². The molecule has 0 saturated heterocycles. The van der Waals surface area contributed by atoms with Crippen molar-refractivity contribution in [1.29, 1.82) is 0 Å². The maximum absolute atomic E-state index is 9.66. The lowest BCUT2D eigenvalue weighted by Gasteiger charge is -2.15. The van der Waals surface area contributed by atoms with Crippen molar-refractivity contribution in [2.24, 2.45) is 5.11 Å². The second kappa shape index (κ2) is 4.97. The van der Waals surface area contributed by atoms with Gasteiger partial charge >= 0.3 is 0 Å². The zero-order chi connectivity index (χ0) is 10.6. The highest BCUT2D eigenvalue weighted by Crippen LogP contribution is 2.24. The first-order chi connectivity index (χ1) is 6.66. The molecule has 2 N–H and O–H groups in total. The number of rotatable bonds is 4. The molecule has 76 valence electrons. The fourth-order valence-electron chi connectivity index (χ4n) is 1.10. The van der Waals surface area contributed by atoms with Gasteiger partial charge in [-0.15, -0.1) is 0 Å². The molecule has 5 nitrogen and oxygen atoms in total. The normalized spacial score (nSPS) is 14.5. The van der Waals surface area contributed by atoms with E-state index in [9.17, 15) is 10.2 Å². The molecule has 1 heterocycles. The maximum atomic E-state index is 9.66. The van der Waals surface area contributed by atoms with Crippen LogP contribution in [0.25, 0.3) is 10.4 Å². The highest BCUT2D eigenvalue weighted by molar-refractivity contribution is 7.08. The lowest BCUT2D eigenvalue weighted by atomic mass is 10.0. The van der Waals surface area contributed by atoms with Crippen LogP contribution in [0, 0.1) is 6.92 Å². The molecule has 0 bridgehead atoms. The van der Waals surface area contributed by atoms with Crippen LogP contribution in [0.15, 0.2) is 15.9 Å². The highest BCUT2D eigenvalue weighted by Gasteiger charge is 2.19. The quantitative estimate of drug-likeness (QED) is 0.453. The van der Waals surface area contributed by atoms with Gasteiger partial charge in [0.2, 0.25) is 0 Å². The van der Waals surface area contributed by atoms with Crippen LogP contribution in [0.4, 0.5) is 0 Å². The number of nitrogens with zero attached hydrogens (tertiary/aromatic N) is 3. The van der Waals surface area contributed by atoms with E-state index in [0.29, 0.717) is 5.56 Å². The molecule has 0 fully saturated rings. The van der Waals surface area contributed by atoms with Crippen molar-refractivity contribution in [3.63, 3.8) is 0 Å². The summed E-state index contributed by atoms with van der Waals surface area (Å²) in [7, 11) is 0. The van der Waals surface area contributed by atoms with Crippen molar-refractivity contribution in [1.82, 2.24) is 0 Å². The van der Waals surface area contributed by atoms with Crippen LogP contribution in [-0.2, 0) is 0 Å². The first kappa shape index (κ1) is 11.0. The van der Waals surface area contributed by atoms with Crippen molar-refractivity contribution in [2.45, 2.75) is 19.1 Å². The molecule has 6 heteroatoms. The van der Waals surface area contributed by atoms with E-state index in [1.165, 1.54) is 11.3 Å². The first-order valence-electron chi connectivity index (χ1n) is 4.06. The van der Waals surface area contributed by atoms with E-state index in [2.05, 4.69) is 10.0 Å². The molecular formula is C8H11N3O2S. The van der Waals surface area contributed by atoms with Gasteiger partial charge in [-0.3, -0.25) is 0 Å². The summed E-state index contributed by atoms with van der Waals surface area (Å²) < 4.78 is 0. The predicted molar refractivity (Wildman–Crippen MR) is 54.0 cm³/mol. The molecule has 14 heavy (non-hydrogen) atoms. The molecule has 2 atom stereocenters.